The molecule has 10 amide bonds. The monoisotopic (exact) mass is 902 g/mol. The van der Waals surface area contributed by atoms with E-state index >= 15 is 0 Å². The molecule has 3 rings (SSSR count). The average molecular weight is 903 g/mol. The fraction of sp³-hybridized carbons (Fsp3) is 0.590. The van der Waals surface area contributed by atoms with Gasteiger partial charge in [-0.05, 0) is 36.7 Å². The van der Waals surface area contributed by atoms with Gasteiger partial charge in [-0.3, -0.25) is 48.5 Å². The minimum Gasteiger partial charge on any atom is -0.480 e. The Hall–Kier alpha value is -5.91. The van der Waals surface area contributed by atoms with Crippen molar-refractivity contribution in [3.05, 3.63) is 22.9 Å². The van der Waals surface area contributed by atoms with Crippen LogP contribution in [0.15, 0.2) is 11.1 Å². The number of amides is 10. The van der Waals surface area contributed by atoms with Crippen LogP contribution in [0, 0.1) is 11.8 Å². The summed E-state index contributed by atoms with van der Waals surface area (Å²) in [5, 5.41) is 38.4. The molecule has 22 nitrogen and oxygen atoms in total. The van der Waals surface area contributed by atoms with E-state index in [-0.39, 0.29) is 11.7 Å². The van der Waals surface area contributed by atoms with Gasteiger partial charge in [-0.1, -0.05) is 59.6 Å². The normalized spacial score (nSPS) is 17.4. The lowest BCUT2D eigenvalue weighted by Gasteiger charge is -2.27. The fourth-order valence-electron chi connectivity index (χ4n) is 6.93. The van der Waals surface area contributed by atoms with E-state index in [0.717, 1.165) is 11.1 Å². The van der Waals surface area contributed by atoms with Gasteiger partial charge in [0.1, 0.15) is 30.7 Å². The number of thioether (sulfide) groups is 1. The zero-order chi connectivity index (χ0) is 47.0. The number of carbonyl (C=O) groups excluding carboxylic acids is 9. The number of fused-ring (bicyclic) bond motifs is 1. The number of hydrogen-bond acceptors (Lipinski definition) is 12. The topological polar surface area (TPSA) is 326 Å². The smallest absolute Gasteiger partial charge is 0.377 e. The summed E-state index contributed by atoms with van der Waals surface area (Å²) in [7, 11) is -0.694. The second kappa shape index (κ2) is 24.7. The van der Waals surface area contributed by atoms with E-state index < -0.39 is 122 Å². The molecule has 4 unspecified atom stereocenters. The minimum absolute atomic E-state index is 0.0696. The number of urea groups is 1. The Morgan fingerprint density at radius 2 is 1.48 bits per heavy atom. The molecule has 24 heteroatoms. The first-order valence-electron chi connectivity index (χ1n) is 20.8. The van der Waals surface area contributed by atoms with Crippen LogP contribution in [0.2, 0.25) is 0 Å². The molecule has 0 bridgehead atoms. The van der Waals surface area contributed by atoms with E-state index in [4.69, 9.17) is 10.1 Å². The summed E-state index contributed by atoms with van der Waals surface area (Å²) in [5.41, 5.74) is 2.37. The first-order valence-corrected chi connectivity index (χ1v) is 21.8. The molecule has 1 aliphatic carbocycles. The third-order valence-corrected chi connectivity index (χ3v) is 11.9. The second-order valence-electron chi connectivity index (χ2n) is 15.3. The zero-order valence-corrected chi connectivity index (χ0v) is 37.1. The van der Waals surface area contributed by atoms with Gasteiger partial charge in [0, 0.05) is 24.8 Å². The standard InChI is InChI=1S/C39H59BN10O12S/c1-7-19(4)30(46-28(53)16-43-39(61)49-36(59)31(20(5)8-2)47-34(57)26-11-10-14-50(26)21(6)51)35(58)41-15-27(52)44-25(33(56)42-17-29(54)55)18-63-37-22(9-3)23-12-13-24(32(23)48-37)45-38(60)40-62/h12-13,19-20,24-26,30-31,40,48,62H,7-11,14-18H2,1-6H3,(H,41,58)(H,42,56)(H,44,52)(H,45,60)(H,46,53)(H,47,57)(H,54,55)(H2,43,49,59,61)/t19-,20?,24?,25-,26-,30?,31?/m0/s1. The van der Waals surface area contributed by atoms with Crippen molar-refractivity contribution in [2.75, 3.05) is 31.9 Å². The average Bonchev–Trinajstić information content (AvgIpc) is 3.99. The van der Waals surface area contributed by atoms with Gasteiger partial charge >= 0.3 is 19.5 Å². The molecule has 1 fully saturated rings. The maximum Gasteiger partial charge on any atom is 0.377 e. The molecule has 0 spiro atoms. The Kier molecular flexibility index (Phi) is 20.1. The van der Waals surface area contributed by atoms with Crippen LogP contribution in [0.3, 0.4) is 0 Å². The third kappa shape index (κ3) is 14.9. The maximum atomic E-state index is 13.3. The number of rotatable bonds is 23. The van der Waals surface area contributed by atoms with Gasteiger partial charge in [0.05, 0.1) is 29.9 Å². The van der Waals surface area contributed by atoms with Crippen molar-refractivity contribution in [2.45, 2.75) is 109 Å². The number of hydrogen-bond donors (Lipinski definition) is 11. The van der Waals surface area contributed by atoms with E-state index in [9.17, 15) is 47.9 Å². The first kappa shape index (κ1) is 51.4. The van der Waals surface area contributed by atoms with Crippen molar-refractivity contribution < 1.29 is 58.1 Å². The minimum atomic E-state index is -1.31. The quantitative estimate of drug-likeness (QED) is 0.0440. The molecule has 2 aliphatic rings. The molecule has 11 N–H and O–H groups in total. The largest absolute Gasteiger partial charge is 0.480 e. The predicted molar refractivity (Wildman–Crippen MR) is 231 cm³/mol. The van der Waals surface area contributed by atoms with Crippen LogP contribution in [-0.4, -0.2) is 143 Å². The number of nitrogens with one attached hydrogen (secondary N) is 9. The Morgan fingerprint density at radius 3 is 2.08 bits per heavy atom. The van der Waals surface area contributed by atoms with Gasteiger partial charge in [-0.15, -0.1) is 11.8 Å². The first-order chi connectivity index (χ1) is 29.8. The Bertz CT molecular complexity index is 1930. The van der Waals surface area contributed by atoms with E-state index in [2.05, 4.69) is 47.5 Å². The Morgan fingerprint density at radius 1 is 0.857 bits per heavy atom. The number of imide groups is 1. The molecular weight excluding hydrogens is 843 g/mol. The number of H-pyrrole nitrogens is 1. The van der Waals surface area contributed by atoms with Gasteiger partial charge in [0.15, 0.2) is 0 Å². The zero-order valence-electron chi connectivity index (χ0n) is 36.3. The molecular formula is C39H59BN10O12S. The second-order valence-corrected chi connectivity index (χ2v) is 16.3. The van der Waals surface area contributed by atoms with E-state index in [1.54, 1.807) is 33.8 Å². The lowest BCUT2D eigenvalue weighted by molar-refractivity contribution is -0.138. The highest BCUT2D eigenvalue weighted by atomic mass is 32.2. The molecule has 1 aromatic heterocycles. The summed E-state index contributed by atoms with van der Waals surface area (Å²) in [6, 6.07) is -5.86. The van der Waals surface area contributed by atoms with Gasteiger partial charge in [-0.25, -0.2) is 4.79 Å². The molecule has 7 atom stereocenters. The van der Waals surface area contributed by atoms with Gasteiger partial charge in [0.2, 0.25) is 41.2 Å². The van der Waals surface area contributed by atoms with Crippen LogP contribution in [0.4, 0.5) is 9.59 Å². The summed E-state index contributed by atoms with van der Waals surface area (Å²) in [6.07, 6.45) is 6.09. The summed E-state index contributed by atoms with van der Waals surface area (Å²) < 4.78 is 0. The molecule has 0 aromatic carbocycles. The SMILES string of the molecule is CCc1c(SC[C@H](NC(=O)CNC(=O)C(NC(=O)CNC(=O)NC(=O)C(NC(=O)[C@@H]2CCCN2C(C)=O)C(C)CC)[C@@H](C)CC)C(=O)NCC(=O)O)[nH]c2c1C=CC2NC(=O)BO. The van der Waals surface area contributed by atoms with Crippen molar-refractivity contribution in [2.24, 2.45) is 11.8 Å². The van der Waals surface area contributed by atoms with E-state index in [1.165, 1.54) is 23.6 Å². The number of carboxylic acids is 1. The van der Waals surface area contributed by atoms with Crippen molar-refractivity contribution in [1.82, 2.24) is 52.4 Å². The molecule has 2 heterocycles. The van der Waals surface area contributed by atoms with Gasteiger partial charge in [-0.2, -0.15) is 0 Å². The highest BCUT2D eigenvalue weighted by Gasteiger charge is 2.36. The number of aromatic nitrogens is 1. The van der Waals surface area contributed by atoms with E-state index in [0.29, 0.717) is 49.4 Å². The van der Waals surface area contributed by atoms with E-state index in [1.807, 2.05) is 13.0 Å². The number of carbonyl (C=O) groups is 10. The van der Waals surface area contributed by atoms with Crippen LogP contribution < -0.4 is 42.5 Å². The lowest BCUT2D eigenvalue weighted by atomic mass is 9.97. The molecule has 346 valence electrons. The van der Waals surface area contributed by atoms with Crippen molar-refractivity contribution in [3.63, 3.8) is 0 Å². The molecule has 1 aromatic rings. The van der Waals surface area contributed by atoms with Crippen molar-refractivity contribution >= 4 is 84.5 Å². The molecule has 0 saturated carbocycles. The predicted octanol–water partition coefficient (Wildman–Crippen LogP) is -1.51. The summed E-state index contributed by atoms with van der Waals surface area (Å²) >= 11 is 1.17. The number of nitrogens with zero attached hydrogens (tertiary/aromatic N) is 1. The Balaban J connectivity index is 1.58. The number of aromatic amines is 1. The van der Waals surface area contributed by atoms with Crippen LogP contribution >= 0.6 is 11.8 Å². The van der Waals surface area contributed by atoms with Gasteiger partial charge < -0.3 is 57.2 Å². The lowest BCUT2D eigenvalue weighted by Crippen LogP contribution is -2.57. The third-order valence-electron chi connectivity index (χ3n) is 10.8. The highest BCUT2D eigenvalue weighted by molar-refractivity contribution is 7.99. The fourth-order valence-corrected chi connectivity index (χ4v) is 8.11. The van der Waals surface area contributed by atoms with Crippen LogP contribution in [0.5, 0.6) is 0 Å². The van der Waals surface area contributed by atoms with Crippen LogP contribution in [0.1, 0.15) is 90.1 Å². The molecule has 1 aliphatic heterocycles. The molecule has 0 radical (unpaired) electrons. The molecule has 1 saturated heterocycles. The number of likely N-dealkylation sites (tertiary alicyclic amines) is 1. The Labute approximate surface area is 369 Å². The van der Waals surface area contributed by atoms with Crippen LogP contribution in [-0.2, 0) is 44.8 Å². The van der Waals surface area contributed by atoms with Crippen molar-refractivity contribution in [3.8, 4) is 0 Å². The van der Waals surface area contributed by atoms with Gasteiger partial charge in [0.25, 0.3) is 5.91 Å². The summed E-state index contributed by atoms with van der Waals surface area (Å²) in [5.74, 6) is -7.58. The number of carboxylic acid groups (broad SMARTS) is 1. The van der Waals surface area contributed by atoms with Crippen molar-refractivity contribution in [1.29, 1.82) is 0 Å². The molecule has 63 heavy (non-hydrogen) atoms. The number of aliphatic carboxylic acids is 1. The highest BCUT2D eigenvalue weighted by Crippen LogP contribution is 2.37. The van der Waals surface area contributed by atoms with Crippen LogP contribution in [0.25, 0.3) is 6.08 Å². The maximum absolute atomic E-state index is 13.3. The summed E-state index contributed by atoms with van der Waals surface area (Å²) in [6.45, 7) is 8.63. The summed E-state index contributed by atoms with van der Waals surface area (Å²) in [4.78, 5) is 131.